The Morgan fingerprint density at radius 1 is 0.655 bits per heavy atom. The first kappa shape index (κ1) is 23.5. The predicted molar refractivity (Wildman–Crippen MR) is 127 cm³/mol. The molecule has 2 aromatic rings. The third-order valence-corrected chi connectivity index (χ3v) is 5.66. The zero-order valence-corrected chi connectivity index (χ0v) is 18.4. The number of anilines is 2. The van der Waals surface area contributed by atoms with Crippen LogP contribution in [0.15, 0.2) is 54.6 Å². The van der Waals surface area contributed by atoms with E-state index in [1.807, 2.05) is 6.07 Å². The Hall–Kier alpha value is -1.80. The first-order valence-electron chi connectivity index (χ1n) is 11.9. The van der Waals surface area contributed by atoms with Gasteiger partial charge in [0.05, 0.1) is 6.10 Å². The minimum atomic E-state index is -0.0594. The lowest BCUT2D eigenvalue weighted by molar-refractivity contribution is 0.147. The molecule has 0 aliphatic heterocycles. The van der Waals surface area contributed by atoms with E-state index in [0.29, 0.717) is 0 Å². The van der Waals surface area contributed by atoms with Gasteiger partial charge in [-0.25, -0.2) is 0 Å². The largest absolute Gasteiger partial charge is 0.393 e. The molecule has 0 amide bonds. The lowest BCUT2D eigenvalue weighted by atomic mass is 10.0. The second-order valence-electron chi connectivity index (χ2n) is 8.35. The van der Waals surface area contributed by atoms with Gasteiger partial charge in [-0.15, -0.1) is 0 Å². The minimum Gasteiger partial charge on any atom is -0.393 e. The first-order valence-corrected chi connectivity index (χ1v) is 11.9. The monoisotopic (exact) mass is 395 g/mol. The molecule has 1 unspecified atom stereocenters. The topological polar surface area (TPSA) is 32.3 Å². The van der Waals surface area contributed by atoms with Gasteiger partial charge in [-0.2, -0.15) is 0 Å². The Kier molecular flexibility index (Phi) is 12.2. The number of aliphatic hydroxyl groups is 1. The summed E-state index contributed by atoms with van der Waals surface area (Å²) < 4.78 is 0. The maximum Gasteiger partial charge on any atom is 0.0540 e. The smallest absolute Gasteiger partial charge is 0.0540 e. The molecule has 0 saturated heterocycles. The van der Waals surface area contributed by atoms with Crippen molar-refractivity contribution >= 4 is 11.4 Å². The molecule has 0 bridgehead atoms. The van der Waals surface area contributed by atoms with E-state index in [4.69, 9.17) is 0 Å². The van der Waals surface area contributed by atoms with Crippen LogP contribution in [0.1, 0.15) is 89.5 Å². The summed E-state index contributed by atoms with van der Waals surface area (Å²) in [5.41, 5.74) is 3.71. The van der Waals surface area contributed by atoms with E-state index in [2.05, 4.69) is 60.8 Å². The zero-order valence-electron chi connectivity index (χ0n) is 18.4. The van der Waals surface area contributed by atoms with Crippen LogP contribution in [0.5, 0.6) is 0 Å². The standard InChI is InChI=1S/C27H41NO/c1-2-3-10-18-27(29)19-14-8-6-4-5-7-11-15-24-20-22-26(23-21-24)28-25-16-12-9-13-17-25/h9,12-13,16-17,20-23,27-29H,2-8,10-11,14-15,18-19H2,1H3. The van der Waals surface area contributed by atoms with Crippen molar-refractivity contribution in [2.45, 2.75) is 96.5 Å². The predicted octanol–water partition coefficient (Wildman–Crippen LogP) is 8.03. The number of aryl methyl sites for hydroxylation is 1. The number of benzene rings is 2. The van der Waals surface area contributed by atoms with Crippen molar-refractivity contribution in [1.29, 1.82) is 0 Å². The molecule has 0 spiro atoms. The molecule has 2 aromatic carbocycles. The van der Waals surface area contributed by atoms with Crippen molar-refractivity contribution in [2.24, 2.45) is 0 Å². The van der Waals surface area contributed by atoms with Gasteiger partial charge in [0.2, 0.25) is 0 Å². The Morgan fingerprint density at radius 2 is 1.21 bits per heavy atom. The van der Waals surface area contributed by atoms with Gasteiger partial charge in [0.15, 0.2) is 0 Å². The minimum absolute atomic E-state index is 0.0594. The van der Waals surface area contributed by atoms with Gasteiger partial charge < -0.3 is 10.4 Å². The summed E-state index contributed by atoms with van der Waals surface area (Å²) in [5, 5.41) is 13.4. The van der Waals surface area contributed by atoms with E-state index >= 15 is 0 Å². The SMILES string of the molecule is CCCCCC(O)CCCCCCCCCc1ccc(Nc2ccccc2)cc1. The van der Waals surface area contributed by atoms with Crippen molar-refractivity contribution in [3.63, 3.8) is 0 Å². The van der Waals surface area contributed by atoms with Gasteiger partial charge in [-0.05, 0) is 55.5 Å². The number of rotatable bonds is 16. The van der Waals surface area contributed by atoms with Crippen molar-refractivity contribution in [1.82, 2.24) is 0 Å². The molecular weight excluding hydrogens is 354 g/mol. The van der Waals surface area contributed by atoms with Gasteiger partial charge in [0, 0.05) is 11.4 Å². The van der Waals surface area contributed by atoms with Crippen molar-refractivity contribution < 1.29 is 5.11 Å². The molecule has 2 nitrogen and oxygen atoms in total. The Labute approximate surface area is 178 Å². The number of hydrogen-bond acceptors (Lipinski definition) is 2. The van der Waals surface area contributed by atoms with E-state index in [-0.39, 0.29) is 6.10 Å². The first-order chi connectivity index (χ1) is 14.3. The molecule has 29 heavy (non-hydrogen) atoms. The fourth-order valence-corrected chi connectivity index (χ4v) is 3.81. The van der Waals surface area contributed by atoms with Crippen LogP contribution in [-0.4, -0.2) is 11.2 Å². The molecule has 2 heteroatoms. The molecule has 2 N–H and O–H groups in total. The lowest BCUT2D eigenvalue weighted by Crippen LogP contribution is -2.05. The lowest BCUT2D eigenvalue weighted by Gasteiger charge is -2.09. The average molecular weight is 396 g/mol. The van der Waals surface area contributed by atoms with Crippen LogP contribution < -0.4 is 5.32 Å². The van der Waals surface area contributed by atoms with Crippen molar-refractivity contribution in [3.8, 4) is 0 Å². The molecule has 1 atom stereocenters. The van der Waals surface area contributed by atoms with Gasteiger partial charge >= 0.3 is 0 Å². The molecule has 0 aliphatic carbocycles. The van der Waals surface area contributed by atoms with Gasteiger partial charge in [-0.1, -0.05) is 95.0 Å². The maximum absolute atomic E-state index is 9.94. The number of para-hydroxylation sites is 1. The van der Waals surface area contributed by atoms with Gasteiger partial charge in [-0.3, -0.25) is 0 Å². The van der Waals surface area contributed by atoms with Crippen molar-refractivity contribution in [2.75, 3.05) is 5.32 Å². The number of unbranched alkanes of at least 4 members (excludes halogenated alkanes) is 8. The number of hydrogen-bond donors (Lipinski definition) is 2. The normalized spacial score (nSPS) is 12.1. The third-order valence-electron chi connectivity index (χ3n) is 5.66. The zero-order chi connectivity index (χ0) is 20.6. The molecule has 0 saturated carbocycles. The molecule has 0 aromatic heterocycles. The van der Waals surface area contributed by atoms with Crippen LogP contribution in [-0.2, 0) is 6.42 Å². The highest BCUT2D eigenvalue weighted by molar-refractivity contribution is 5.59. The quantitative estimate of drug-likeness (QED) is 0.282. The van der Waals surface area contributed by atoms with E-state index in [9.17, 15) is 5.11 Å². The Morgan fingerprint density at radius 3 is 1.86 bits per heavy atom. The number of aliphatic hydroxyl groups excluding tert-OH is 1. The van der Waals surface area contributed by atoms with E-state index < -0.39 is 0 Å². The Bertz CT molecular complexity index is 623. The molecule has 0 radical (unpaired) electrons. The molecule has 160 valence electrons. The fraction of sp³-hybridized carbons (Fsp3) is 0.556. The number of nitrogens with one attached hydrogen (secondary N) is 1. The molecule has 0 aliphatic rings. The van der Waals surface area contributed by atoms with Gasteiger partial charge in [0.25, 0.3) is 0 Å². The summed E-state index contributed by atoms with van der Waals surface area (Å²) in [7, 11) is 0. The summed E-state index contributed by atoms with van der Waals surface area (Å²) in [6.07, 6.45) is 15.9. The summed E-state index contributed by atoms with van der Waals surface area (Å²) in [5.74, 6) is 0. The van der Waals surface area contributed by atoms with E-state index in [0.717, 1.165) is 24.2 Å². The van der Waals surface area contributed by atoms with Gasteiger partial charge in [0.1, 0.15) is 0 Å². The highest BCUT2D eigenvalue weighted by atomic mass is 16.3. The highest BCUT2D eigenvalue weighted by Gasteiger charge is 2.03. The summed E-state index contributed by atoms with van der Waals surface area (Å²) in [4.78, 5) is 0. The van der Waals surface area contributed by atoms with Crippen LogP contribution in [0.3, 0.4) is 0 Å². The summed E-state index contributed by atoms with van der Waals surface area (Å²) in [6.45, 7) is 2.21. The van der Waals surface area contributed by atoms with Crippen LogP contribution >= 0.6 is 0 Å². The summed E-state index contributed by atoms with van der Waals surface area (Å²) in [6, 6.07) is 19.2. The average Bonchev–Trinajstić information content (AvgIpc) is 2.74. The highest BCUT2D eigenvalue weighted by Crippen LogP contribution is 2.18. The molecular formula is C27H41NO. The van der Waals surface area contributed by atoms with E-state index in [1.165, 1.54) is 76.2 Å². The second kappa shape index (κ2) is 15.1. The van der Waals surface area contributed by atoms with E-state index in [1.54, 1.807) is 0 Å². The van der Waals surface area contributed by atoms with Crippen LogP contribution in [0.4, 0.5) is 11.4 Å². The van der Waals surface area contributed by atoms with Crippen LogP contribution in [0.25, 0.3) is 0 Å². The Balaban J connectivity index is 1.45. The maximum atomic E-state index is 9.94. The van der Waals surface area contributed by atoms with Crippen molar-refractivity contribution in [3.05, 3.63) is 60.2 Å². The second-order valence-corrected chi connectivity index (χ2v) is 8.35. The molecule has 0 fully saturated rings. The van der Waals surface area contributed by atoms with Crippen LogP contribution in [0.2, 0.25) is 0 Å². The molecule has 2 rings (SSSR count). The summed E-state index contributed by atoms with van der Waals surface area (Å²) >= 11 is 0. The molecule has 0 heterocycles. The van der Waals surface area contributed by atoms with Crippen LogP contribution in [0, 0.1) is 0 Å². The third kappa shape index (κ3) is 11.1. The fourth-order valence-electron chi connectivity index (χ4n) is 3.81.